The van der Waals surface area contributed by atoms with Crippen LogP contribution in [0.25, 0.3) is 0 Å². The van der Waals surface area contributed by atoms with Crippen molar-refractivity contribution in [3.63, 3.8) is 0 Å². The van der Waals surface area contributed by atoms with Crippen molar-refractivity contribution >= 4 is 10.0 Å². The van der Waals surface area contributed by atoms with Gasteiger partial charge in [0.2, 0.25) is 10.0 Å². The molecule has 0 unspecified atom stereocenters. The van der Waals surface area contributed by atoms with Gasteiger partial charge < -0.3 is 5.73 Å². The molecule has 8 heteroatoms. The molecule has 3 N–H and O–H groups in total. The summed E-state index contributed by atoms with van der Waals surface area (Å²) in [6, 6.07) is 5.69. The van der Waals surface area contributed by atoms with Crippen molar-refractivity contribution in [1.29, 1.82) is 0 Å². The number of halogens is 3. The van der Waals surface area contributed by atoms with Crippen LogP contribution in [0.15, 0.2) is 29.2 Å². The first-order chi connectivity index (χ1) is 9.74. The van der Waals surface area contributed by atoms with E-state index in [2.05, 4.69) is 16.6 Å². The maximum Gasteiger partial charge on any atom is 0.389 e. The molecule has 0 aliphatic carbocycles. The molecule has 4 nitrogen and oxygen atoms in total. The molecule has 0 aliphatic rings. The number of benzene rings is 1. The molecule has 0 radical (unpaired) electrons. The number of nitrogens with two attached hydrogens (primary N) is 1. The molecule has 0 saturated heterocycles. The highest BCUT2D eigenvalue weighted by molar-refractivity contribution is 7.89. The number of rotatable bonds is 5. The van der Waals surface area contributed by atoms with E-state index in [-0.39, 0.29) is 24.4 Å². The zero-order valence-corrected chi connectivity index (χ0v) is 11.9. The highest BCUT2D eigenvalue weighted by Gasteiger charge is 2.26. The Morgan fingerprint density at radius 3 is 2.33 bits per heavy atom. The summed E-state index contributed by atoms with van der Waals surface area (Å²) in [5, 5.41) is 0. The first kappa shape index (κ1) is 17.5. The zero-order chi connectivity index (χ0) is 15.9. The molecule has 0 aliphatic heterocycles. The molecule has 0 saturated carbocycles. The SMILES string of the molecule is NCC#Cc1ccc(S(=O)(=O)NCCCC(F)(F)F)cc1. The number of alkyl halides is 3. The second-order valence-electron chi connectivity index (χ2n) is 4.15. The lowest BCUT2D eigenvalue weighted by Gasteiger charge is -2.08. The molecule has 1 aromatic rings. The van der Waals surface area contributed by atoms with E-state index in [9.17, 15) is 21.6 Å². The largest absolute Gasteiger partial charge is 0.389 e. The summed E-state index contributed by atoms with van der Waals surface area (Å²) < 4.78 is 61.6. The molecule has 0 heterocycles. The Bertz CT molecular complexity index is 614. The molecule has 0 bridgehead atoms. The maximum absolute atomic E-state index is 11.9. The van der Waals surface area contributed by atoms with Gasteiger partial charge in [0.25, 0.3) is 0 Å². The minimum Gasteiger partial charge on any atom is -0.320 e. The lowest BCUT2D eigenvalue weighted by Crippen LogP contribution is -2.25. The first-order valence-electron chi connectivity index (χ1n) is 6.10. The van der Waals surface area contributed by atoms with Crippen LogP contribution in [0.4, 0.5) is 13.2 Å². The third-order valence-corrected chi connectivity index (χ3v) is 3.91. The van der Waals surface area contributed by atoms with E-state index >= 15 is 0 Å². The highest BCUT2D eigenvalue weighted by atomic mass is 32.2. The van der Waals surface area contributed by atoms with Crippen LogP contribution in [0.1, 0.15) is 18.4 Å². The van der Waals surface area contributed by atoms with Gasteiger partial charge in [0.1, 0.15) is 0 Å². The fourth-order valence-electron chi connectivity index (χ4n) is 1.45. The van der Waals surface area contributed by atoms with E-state index in [0.29, 0.717) is 5.56 Å². The number of hydrogen-bond donors (Lipinski definition) is 2. The fraction of sp³-hybridized carbons (Fsp3) is 0.385. The summed E-state index contributed by atoms with van der Waals surface area (Å²) in [6.07, 6.45) is -5.61. The minimum absolute atomic E-state index is 0.0205. The lowest BCUT2D eigenvalue weighted by molar-refractivity contribution is -0.135. The maximum atomic E-state index is 11.9. The molecule has 0 atom stereocenters. The fourth-order valence-corrected chi connectivity index (χ4v) is 2.52. The molecular weight excluding hydrogens is 305 g/mol. The molecule has 21 heavy (non-hydrogen) atoms. The van der Waals surface area contributed by atoms with E-state index in [1.165, 1.54) is 24.3 Å². The van der Waals surface area contributed by atoms with E-state index in [4.69, 9.17) is 5.73 Å². The van der Waals surface area contributed by atoms with E-state index in [0.717, 1.165) is 0 Å². The van der Waals surface area contributed by atoms with Gasteiger partial charge in [-0.1, -0.05) is 11.8 Å². The van der Waals surface area contributed by atoms with Crippen molar-refractivity contribution in [2.75, 3.05) is 13.1 Å². The van der Waals surface area contributed by atoms with Gasteiger partial charge in [-0.05, 0) is 30.7 Å². The normalized spacial score (nSPS) is 11.8. The van der Waals surface area contributed by atoms with Gasteiger partial charge in [-0.15, -0.1) is 0 Å². The predicted octanol–water partition coefficient (Wildman–Crippen LogP) is 1.62. The van der Waals surface area contributed by atoms with E-state index in [1.807, 2.05) is 0 Å². The third kappa shape index (κ3) is 6.62. The second-order valence-corrected chi connectivity index (χ2v) is 5.91. The second kappa shape index (κ2) is 7.45. The van der Waals surface area contributed by atoms with Gasteiger partial charge in [0.15, 0.2) is 0 Å². The molecule has 0 fully saturated rings. The molecule has 1 rings (SSSR count). The Morgan fingerprint density at radius 1 is 1.19 bits per heavy atom. The molecule has 1 aromatic carbocycles. The average Bonchev–Trinajstić information content (AvgIpc) is 2.41. The Labute approximate surface area is 121 Å². The number of sulfonamides is 1. The number of hydrogen-bond acceptors (Lipinski definition) is 3. The summed E-state index contributed by atoms with van der Waals surface area (Å²) in [7, 11) is -3.81. The number of nitrogens with one attached hydrogen (secondary N) is 1. The van der Waals surface area contributed by atoms with E-state index < -0.39 is 22.6 Å². The highest BCUT2D eigenvalue weighted by Crippen LogP contribution is 2.21. The van der Waals surface area contributed by atoms with Crippen LogP contribution in [0.3, 0.4) is 0 Å². The standard InChI is InChI=1S/C13H15F3N2O2S/c14-13(15,16)8-2-10-18-21(19,20)12-6-4-11(5-7-12)3-1-9-17/h4-7,18H,2,8-10,17H2. The Morgan fingerprint density at radius 2 is 1.81 bits per heavy atom. The smallest absolute Gasteiger partial charge is 0.320 e. The zero-order valence-electron chi connectivity index (χ0n) is 11.1. The van der Waals surface area contributed by atoms with E-state index in [1.54, 1.807) is 0 Å². The summed E-state index contributed by atoms with van der Waals surface area (Å²) in [5.74, 6) is 5.36. The van der Waals surface area contributed by atoms with Crippen molar-refractivity contribution in [1.82, 2.24) is 4.72 Å². The van der Waals surface area contributed by atoms with Gasteiger partial charge in [0, 0.05) is 18.5 Å². The molecule has 116 valence electrons. The Balaban J connectivity index is 2.62. The van der Waals surface area contributed by atoms with Crippen molar-refractivity contribution in [3.8, 4) is 11.8 Å². The molecule has 0 amide bonds. The van der Waals surface area contributed by atoms with Crippen molar-refractivity contribution < 1.29 is 21.6 Å². The van der Waals surface area contributed by atoms with Crippen LogP contribution >= 0.6 is 0 Å². The summed E-state index contributed by atoms with van der Waals surface area (Å²) in [5.41, 5.74) is 5.82. The average molecular weight is 320 g/mol. The summed E-state index contributed by atoms with van der Waals surface area (Å²) >= 11 is 0. The van der Waals surface area contributed by atoms with Gasteiger partial charge in [0.05, 0.1) is 11.4 Å². The van der Waals surface area contributed by atoms with Crippen LogP contribution in [0, 0.1) is 11.8 Å². The monoisotopic (exact) mass is 320 g/mol. The Hall–Kier alpha value is -1.56. The van der Waals surface area contributed by atoms with Crippen LogP contribution in [-0.2, 0) is 10.0 Å². The summed E-state index contributed by atoms with van der Waals surface area (Å²) in [4.78, 5) is -0.0205. The van der Waals surface area contributed by atoms with Crippen LogP contribution in [-0.4, -0.2) is 27.7 Å². The van der Waals surface area contributed by atoms with Crippen LogP contribution in [0.5, 0.6) is 0 Å². The van der Waals surface area contributed by atoms with Gasteiger partial charge in [-0.25, -0.2) is 13.1 Å². The summed E-state index contributed by atoms with van der Waals surface area (Å²) in [6.45, 7) is -0.0720. The predicted molar refractivity (Wildman–Crippen MR) is 72.9 cm³/mol. The van der Waals surface area contributed by atoms with Crippen molar-refractivity contribution in [2.24, 2.45) is 5.73 Å². The minimum atomic E-state index is -4.28. The van der Waals surface area contributed by atoms with Crippen molar-refractivity contribution in [2.45, 2.75) is 23.9 Å². The quantitative estimate of drug-likeness (QED) is 0.640. The van der Waals surface area contributed by atoms with Crippen molar-refractivity contribution in [3.05, 3.63) is 29.8 Å². The van der Waals surface area contributed by atoms with Gasteiger partial charge in [-0.2, -0.15) is 13.2 Å². The lowest BCUT2D eigenvalue weighted by atomic mass is 10.2. The Kier molecular flexibility index (Phi) is 6.20. The van der Waals surface area contributed by atoms with Crippen LogP contribution < -0.4 is 10.5 Å². The van der Waals surface area contributed by atoms with Crippen LogP contribution in [0.2, 0.25) is 0 Å². The first-order valence-corrected chi connectivity index (χ1v) is 7.58. The topological polar surface area (TPSA) is 72.2 Å². The van der Waals surface area contributed by atoms with Gasteiger partial charge in [-0.3, -0.25) is 0 Å². The molecule has 0 aromatic heterocycles. The molecule has 0 spiro atoms. The third-order valence-electron chi connectivity index (χ3n) is 2.43. The van der Waals surface area contributed by atoms with Gasteiger partial charge >= 0.3 is 6.18 Å². The molecular formula is C13H15F3N2O2S.